The van der Waals surface area contributed by atoms with Gasteiger partial charge >= 0.3 is 0 Å². The first-order valence-electron chi connectivity index (χ1n) is 6.14. The van der Waals surface area contributed by atoms with Gasteiger partial charge in [0.2, 0.25) is 0 Å². The highest BCUT2D eigenvalue weighted by molar-refractivity contribution is 5.48. The third kappa shape index (κ3) is 2.91. The fraction of sp³-hybridized carbons (Fsp3) is 0.571. The number of rotatable bonds is 5. The van der Waals surface area contributed by atoms with Crippen LogP contribution in [0, 0.1) is 0 Å². The molecule has 0 fully saturated rings. The Labute approximate surface area is 97.9 Å². The maximum Gasteiger partial charge on any atom is 0.160 e. The molecule has 0 bridgehead atoms. The van der Waals surface area contributed by atoms with Crippen molar-refractivity contribution in [1.82, 2.24) is 0 Å². The lowest BCUT2D eigenvalue weighted by Gasteiger charge is -2.13. The van der Waals surface area contributed by atoms with E-state index in [1.54, 1.807) is 6.07 Å². The summed E-state index contributed by atoms with van der Waals surface area (Å²) in [5, 5.41) is 19.4. The molecule has 0 aliphatic carbocycles. The fourth-order valence-corrected chi connectivity index (χ4v) is 1.78. The third-order valence-corrected chi connectivity index (χ3v) is 3.17. The first-order valence-corrected chi connectivity index (χ1v) is 6.14. The molecule has 1 aromatic carbocycles. The molecule has 0 aromatic heterocycles. The fourth-order valence-electron chi connectivity index (χ4n) is 1.78. The van der Waals surface area contributed by atoms with Crippen LogP contribution in [0.25, 0.3) is 0 Å². The summed E-state index contributed by atoms with van der Waals surface area (Å²) in [7, 11) is 0. The highest BCUT2D eigenvalue weighted by atomic mass is 16.3. The Bertz CT molecular complexity index is 345. The van der Waals surface area contributed by atoms with Crippen molar-refractivity contribution in [2.45, 2.75) is 52.4 Å². The first-order chi connectivity index (χ1) is 7.60. The van der Waals surface area contributed by atoms with Gasteiger partial charge in [-0.1, -0.05) is 33.3 Å². The Hall–Kier alpha value is -1.18. The largest absolute Gasteiger partial charge is 0.504 e. The van der Waals surface area contributed by atoms with E-state index < -0.39 is 0 Å². The van der Waals surface area contributed by atoms with Crippen LogP contribution in [0.4, 0.5) is 0 Å². The zero-order valence-electron chi connectivity index (χ0n) is 10.5. The van der Waals surface area contributed by atoms with Gasteiger partial charge in [-0.25, -0.2) is 0 Å². The highest BCUT2D eigenvalue weighted by Gasteiger charge is 2.11. The molecule has 0 saturated carbocycles. The van der Waals surface area contributed by atoms with Crippen molar-refractivity contribution < 1.29 is 10.2 Å². The molecule has 1 rings (SSSR count). The van der Waals surface area contributed by atoms with E-state index in [9.17, 15) is 10.2 Å². The Balaban J connectivity index is 3.01. The smallest absolute Gasteiger partial charge is 0.160 e. The van der Waals surface area contributed by atoms with Crippen molar-refractivity contribution in [2.24, 2.45) is 0 Å². The monoisotopic (exact) mass is 222 g/mol. The molecule has 0 saturated heterocycles. The zero-order valence-corrected chi connectivity index (χ0v) is 10.5. The van der Waals surface area contributed by atoms with E-state index in [0.717, 1.165) is 36.8 Å². The molecular formula is C14H22O2. The molecule has 1 unspecified atom stereocenters. The van der Waals surface area contributed by atoms with Crippen LogP contribution in [0.3, 0.4) is 0 Å². The molecule has 16 heavy (non-hydrogen) atoms. The summed E-state index contributed by atoms with van der Waals surface area (Å²) in [5.41, 5.74) is 1.99. The summed E-state index contributed by atoms with van der Waals surface area (Å²) in [6.45, 7) is 6.38. The van der Waals surface area contributed by atoms with Gasteiger partial charge in [-0.05, 0) is 42.4 Å². The van der Waals surface area contributed by atoms with E-state index in [-0.39, 0.29) is 11.5 Å². The average Bonchev–Trinajstić information content (AvgIpc) is 2.29. The molecule has 1 atom stereocenters. The lowest BCUT2D eigenvalue weighted by atomic mass is 9.94. The highest BCUT2D eigenvalue weighted by Crippen LogP contribution is 2.34. The van der Waals surface area contributed by atoms with Crippen LogP contribution in [0.1, 0.15) is 57.1 Å². The van der Waals surface area contributed by atoms with E-state index in [1.165, 1.54) is 0 Å². The summed E-state index contributed by atoms with van der Waals surface area (Å²) < 4.78 is 0. The van der Waals surface area contributed by atoms with Gasteiger partial charge in [0, 0.05) is 0 Å². The van der Waals surface area contributed by atoms with Crippen LogP contribution in [0.15, 0.2) is 12.1 Å². The van der Waals surface area contributed by atoms with Crippen LogP contribution in [0.5, 0.6) is 11.5 Å². The number of hydrogen-bond acceptors (Lipinski definition) is 2. The minimum atomic E-state index is 0.0175. The van der Waals surface area contributed by atoms with E-state index in [1.807, 2.05) is 6.07 Å². The number of aromatic hydroxyl groups is 2. The number of phenolic OH excluding ortho intramolecular Hbond substituents is 2. The van der Waals surface area contributed by atoms with Gasteiger partial charge in [0.1, 0.15) is 0 Å². The van der Waals surface area contributed by atoms with Crippen molar-refractivity contribution >= 4 is 0 Å². The van der Waals surface area contributed by atoms with Gasteiger partial charge < -0.3 is 10.2 Å². The number of benzene rings is 1. The molecule has 0 aliphatic heterocycles. The van der Waals surface area contributed by atoms with Crippen LogP contribution in [0.2, 0.25) is 0 Å². The Kier molecular flexibility index (Phi) is 4.66. The van der Waals surface area contributed by atoms with E-state index in [0.29, 0.717) is 5.92 Å². The standard InChI is InChI=1S/C14H22O2/c1-4-6-7-11-8-12(10(3)5-2)9-13(15)14(11)16/h8-10,15-16H,4-7H2,1-3H3. The van der Waals surface area contributed by atoms with Crippen molar-refractivity contribution in [3.05, 3.63) is 23.3 Å². The first kappa shape index (κ1) is 12.9. The summed E-state index contributed by atoms with van der Waals surface area (Å²) in [6.07, 6.45) is 4.00. The predicted molar refractivity (Wildman–Crippen MR) is 67.1 cm³/mol. The second-order valence-corrected chi connectivity index (χ2v) is 4.46. The molecule has 0 spiro atoms. The normalized spacial score (nSPS) is 12.7. The number of phenols is 2. The van der Waals surface area contributed by atoms with Crippen LogP contribution in [-0.4, -0.2) is 10.2 Å². The van der Waals surface area contributed by atoms with E-state index in [2.05, 4.69) is 20.8 Å². The SMILES string of the molecule is CCCCc1cc(C(C)CC)cc(O)c1O. The maximum absolute atomic E-state index is 9.75. The topological polar surface area (TPSA) is 40.5 Å². The molecule has 0 amide bonds. The maximum atomic E-state index is 9.75. The molecule has 2 N–H and O–H groups in total. The lowest BCUT2D eigenvalue weighted by molar-refractivity contribution is 0.397. The molecule has 0 heterocycles. The number of unbranched alkanes of at least 4 members (excludes halogenated alkanes) is 1. The van der Waals surface area contributed by atoms with Gasteiger partial charge in [0.25, 0.3) is 0 Å². The quantitative estimate of drug-likeness (QED) is 0.740. The Morgan fingerprint density at radius 2 is 1.88 bits per heavy atom. The Morgan fingerprint density at radius 3 is 2.44 bits per heavy atom. The Morgan fingerprint density at radius 1 is 1.19 bits per heavy atom. The van der Waals surface area contributed by atoms with E-state index in [4.69, 9.17) is 0 Å². The van der Waals surface area contributed by atoms with Crippen LogP contribution < -0.4 is 0 Å². The predicted octanol–water partition coefficient (Wildman–Crippen LogP) is 3.95. The third-order valence-electron chi connectivity index (χ3n) is 3.17. The van der Waals surface area contributed by atoms with Crippen molar-refractivity contribution in [2.75, 3.05) is 0 Å². The van der Waals surface area contributed by atoms with Crippen molar-refractivity contribution in [1.29, 1.82) is 0 Å². The second kappa shape index (κ2) is 5.78. The van der Waals surface area contributed by atoms with Gasteiger partial charge in [0.05, 0.1) is 0 Å². The van der Waals surface area contributed by atoms with Crippen molar-refractivity contribution in [3.8, 4) is 11.5 Å². The minimum absolute atomic E-state index is 0.0175. The number of hydrogen-bond donors (Lipinski definition) is 2. The average molecular weight is 222 g/mol. The molecule has 2 nitrogen and oxygen atoms in total. The molecule has 0 radical (unpaired) electrons. The van der Waals surface area contributed by atoms with Gasteiger partial charge in [-0.2, -0.15) is 0 Å². The minimum Gasteiger partial charge on any atom is -0.504 e. The summed E-state index contributed by atoms with van der Waals surface area (Å²) >= 11 is 0. The van der Waals surface area contributed by atoms with Gasteiger partial charge in [0.15, 0.2) is 11.5 Å². The molecular weight excluding hydrogens is 200 g/mol. The summed E-state index contributed by atoms with van der Waals surface area (Å²) in [5.74, 6) is 0.497. The molecule has 2 heteroatoms. The van der Waals surface area contributed by atoms with Gasteiger partial charge in [-0.3, -0.25) is 0 Å². The second-order valence-electron chi connectivity index (χ2n) is 4.46. The molecule has 90 valence electrons. The summed E-state index contributed by atoms with van der Waals surface area (Å²) in [6, 6.07) is 3.71. The van der Waals surface area contributed by atoms with Gasteiger partial charge in [-0.15, -0.1) is 0 Å². The lowest BCUT2D eigenvalue weighted by Crippen LogP contribution is -1.95. The molecule has 0 aliphatic rings. The van der Waals surface area contributed by atoms with E-state index >= 15 is 0 Å². The van der Waals surface area contributed by atoms with Crippen LogP contribution >= 0.6 is 0 Å². The molecule has 1 aromatic rings. The van der Waals surface area contributed by atoms with Crippen molar-refractivity contribution in [3.63, 3.8) is 0 Å². The zero-order chi connectivity index (χ0) is 12.1. The number of aryl methyl sites for hydroxylation is 1. The summed E-state index contributed by atoms with van der Waals surface area (Å²) in [4.78, 5) is 0. The van der Waals surface area contributed by atoms with Crippen LogP contribution in [-0.2, 0) is 6.42 Å².